The predicted molar refractivity (Wildman–Crippen MR) is 88.3 cm³/mol. The van der Waals surface area contributed by atoms with Crippen LogP contribution in [0, 0.1) is 5.82 Å². The van der Waals surface area contributed by atoms with Crippen molar-refractivity contribution in [3.8, 4) is 0 Å². The van der Waals surface area contributed by atoms with Crippen LogP contribution in [0.15, 0.2) is 52.3 Å². The molecule has 2 aromatic carbocycles. The molecule has 25 heavy (non-hydrogen) atoms. The van der Waals surface area contributed by atoms with Crippen LogP contribution in [0.25, 0.3) is 0 Å². The molecule has 0 bridgehead atoms. The first-order valence-corrected chi connectivity index (χ1v) is 9.27. The lowest BCUT2D eigenvalue weighted by Gasteiger charge is -2.31. The summed E-state index contributed by atoms with van der Waals surface area (Å²) in [5.41, 5.74) is -0.284. The lowest BCUT2D eigenvalue weighted by Crippen LogP contribution is -2.44. The van der Waals surface area contributed by atoms with Gasteiger partial charge in [0.1, 0.15) is 5.82 Å². The monoisotopic (exact) mass is 370 g/mol. The largest absolute Gasteiger partial charge is 0.369 e. The summed E-state index contributed by atoms with van der Waals surface area (Å²) >= 11 is 0. The van der Waals surface area contributed by atoms with Crippen molar-refractivity contribution < 1.29 is 21.6 Å². The number of anilines is 1. The Hall–Kier alpha value is -2.06. The summed E-state index contributed by atoms with van der Waals surface area (Å²) in [4.78, 5) is 1.10. The van der Waals surface area contributed by atoms with E-state index in [0.29, 0.717) is 26.2 Å². The molecule has 1 fully saturated rings. The van der Waals surface area contributed by atoms with E-state index in [1.165, 1.54) is 18.2 Å². The molecule has 134 valence electrons. The van der Waals surface area contributed by atoms with Crippen LogP contribution in [0.2, 0.25) is 0 Å². The molecule has 0 saturated carbocycles. The number of rotatable bonds is 4. The third-order valence-electron chi connectivity index (χ3n) is 4.13. The number of piperazine rings is 1. The predicted octanol–water partition coefficient (Wildman–Crippen LogP) is 3.01. The number of alkyl halides is 2. The second-order valence-electron chi connectivity index (χ2n) is 5.68. The third kappa shape index (κ3) is 3.50. The number of hydrogen-bond acceptors (Lipinski definition) is 4. The highest BCUT2D eigenvalue weighted by Crippen LogP contribution is 2.37. The molecule has 0 unspecified atom stereocenters. The van der Waals surface area contributed by atoms with E-state index in [9.17, 15) is 21.6 Å². The second-order valence-corrected chi connectivity index (χ2v) is 7.60. The molecule has 0 aliphatic carbocycles. The minimum absolute atomic E-state index is 0.215. The molecule has 1 aliphatic heterocycles. The van der Waals surface area contributed by atoms with Gasteiger partial charge in [0, 0.05) is 31.9 Å². The number of sulfone groups is 1. The first-order valence-electron chi connectivity index (χ1n) is 7.78. The van der Waals surface area contributed by atoms with Gasteiger partial charge >= 0.3 is 0 Å². The Balaban J connectivity index is 2.13. The molecule has 0 radical (unpaired) electrons. The summed E-state index contributed by atoms with van der Waals surface area (Å²) < 4.78 is 66.3. The van der Waals surface area contributed by atoms with Crippen molar-refractivity contribution in [2.45, 2.75) is 16.2 Å². The summed E-state index contributed by atoms with van der Waals surface area (Å²) in [5.74, 6) is -0.595. The molecular formula is C17H17F3N2O2S. The Labute approximate surface area is 144 Å². The maximum Gasteiger partial charge on any atom is 0.267 e. The Morgan fingerprint density at radius 3 is 2.24 bits per heavy atom. The van der Waals surface area contributed by atoms with Gasteiger partial charge in [-0.2, -0.15) is 0 Å². The lowest BCUT2D eigenvalue weighted by molar-refractivity contribution is 0.148. The molecule has 1 aliphatic rings. The molecule has 1 saturated heterocycles. The number of nitrogens with zero attached hydrogens (tertiary/aromatic N) is 1. The average Bonchev–Trinajstić information content (AvgIpc) is 2.62. The van der Waals surface area contributed by atoms with Gasteiger partial charge in [0.05, 0.1) is 15.4 Å². The molecule has 2 aromatic rings. The van der Waals surface area contributed by atoms with E-state index in [0.717, 1.165) is 24.3 Å². The highest BCUT2D eigenvalue weighted by atomic mass is 32.2. The van der Waals surface area contributed by atoms with E-state index < -0.39 is 32.5 Å². The van der Waals surface area contributed by atoms with Gasteiger partial charge in [-0.05, 0) is 36.4 Å². The maximum absolute atomic E-state index is 13.8. The topological polar surface area (TPSA) is 49.4 Å². The van der Waals surface area contributed by atoms with Crippen molar-refractivity contribution in [1.29, 1.82) is 0 Å². The minimum atomic E-state index is -4.18. The smallest absolute Gasteiger partial charge is 0.267 e. The Kier molecular flexibility index (Phi) is 5.01. The standard InChI is InChI=1S/C17H17F3N2O2S/c18-12-4-6-13(7-5-12)25(23,24)15-3-1-2-14(16(15)17(19)20)22-10-8-21-9-11-22/h1-7,17,21H,8-11H2. The van der Waals surface area contributed by atoms with Crippen LogP contribution < -0.4 is 10.2 Å². The molecular weight excluding hydrogens is 353 g/mol. The van der Waals surface area contributed by atoms with E-state index in [1.54, 1.807) is 4.90 Å². The number of benzene rings is 2. The van der Waals surface area contributed by atoms with E-state index in [2.05, 4.69) is 5.32 Å². The molecule has 1 heterocycles. The van der Waals surface area contributed by atoms with Crippen molar-refractivity contribution in [2.75, 3.05) is 31.1 Å². The van der Waals surface area contributed by atoms with Crippen molar-refractivity contribution in [1.82, 2.24) is 5.32 Å². The maximum atomic E-state index is 13.8. The highest BCUT2D eigenvalue weighted by Gasteiger charge is 2.29. The van der Waals surface area contributed by atoms with E-state index >= 15 is 0 Å². The Bertz CT molecular complexity index is 849. The zero-order valence-electron chi connectivity index (χ0n) is 13.3. The van der Waals surface area contributed by atoms with Crippen molar-refractivity contribution in [3.63, 3.8) is 0 Å². The Morgan fingerprint density at radius 2 is 1.64 bits per heavy atom. The van der Waals surface area contributed by atoms with Crippen LogP contribution in [0.1, 0.15) is 12.0 Å². The van der Waals surface area contributed by atoms with Crippen LogP contribution in [0.3, 0.4) is 0 Å². The first kappa shape index (κ1) is 17.8. The highest BCUT2D eigenvalue weighted by molar-refractivity contribution is 7.91. The van der Waals surface area contributed by atoms with Gasteiger partial charge in [-0.25, -0.2) is 21.6 Å². The zero-order chi connectivity index (χ0) is 18.0. The molecule has 1 N–H and O–H groups in total. The van der Waals surface area contributed by atoms with Crippen LogP contribution >= 0.6 is 0 Å². The summed E-state index contributed by atoms with van der Waals surface area (Å²) in [6.07, 6.45) is -2.95. The van der Waals surface area contributed by atoms with Gasteiger partial charge < -0.3 is 10.2 Å². The van der Waals surface area contributed by atoms with Gasteiger partial charge in [-0.3, -0.25) is 0 Å². The average molecular weight is 370 g/mol. The first-order chi connectivity index (χ1) is 11.9. The summed E-state index contributed by atoms with van der Waals surface area (Å²) in [7, 11) is -4.18. The molecule has 8 heteroatoms. The summed E-state index contributed by atoms with van der Waals surface area (Å²) in [5, 5.41) is 3.13. The van der Waals surface area contributed by atoms with Gasteiger partial charge in [0.2, 0.25) is 9.84 Å². The molecule has 0 atom stereocenters. The zero-order valence-corrected chi connectivity index (χ0v) is 14.1. The van der Waals surface area contributed by atoms with Crippen LogP contribution in [0.5, 0.6) is 0 Å². The molecule has 3 rings (SSSR count). The van der Waals surface area contributed by atoms with Crippen LogP contribution in [-0.4, -0.2) is 34.6 Å². The van der Waals surface area contributed by atoms with E-state index in [-0.39, 0.29) is 10.6 Å². The van der Waals surface area contributed by atoms with Gasteiger partial charge in [0.15, 0.2) is 0 Å². The van der Waals surface area contributed by atoms with Gasteiger partial charge in [-0.15, -0.1) is 0 Å². The van der Waals surface area contributed by atoms with Crippen LogP contribution in [0.4, 0.5) is 18.9 Å². The fourth-order valence-corrected chi connectivity index (χ4v) is 4.40. The summed E-state index contributed by atoms with van der Waals surface area (Å²) in [6.45, 7) is 2.30. The molecule has 0 spiro atoms. The lowest BCUT2D eigenvalue weighted by atomic mass is 10.1. The van der Waals surface area contributed by atoms with Gasteiger partial charge in [-0.1, -0.05) is 6.07 Å². The molecule has 0 aromatic heterocycles. The minimum Gasteiger partial charge on any atom is -0.369 e. The fourth-order valence-electron chi connectivity index (χ4n) is 2.91. The van der Waals surface area contributed by atoms with Crippen molar-refractivity contribution in [3.05, 3.63) is 53.8 Å². The fraction of sp³-hybridized carbons (Fsp3) is 0.294. The number of hydrogen-bond donors (Lipinski definition) is 1. The SMILES string of the molecule is O=S(=O)(c1ccc(F)cc1)c1cccc(N2CCNCC2)c1C(F)F. The third-order valence-corrected chi connectivity index (χ3v) is 5.96. The number of nitrogens with one attached hydrogen (secondary N) is 1. The van der Waals surface area contributed by atoms with Crippen LogP contribution in [-0.2, 0) is 9.84 Å². The second kappa shape index (κ2) is 7.05. The molecule has 0 amide bonds. The van der Waals surface area contributed by atoms with Crippen molar-refractivity contribution in [2.24, 2.45) is 0 Å². The van der Waals surface area contributed by atoms with E-state index in [1.807, 2.05) is 0 Å². The summed E-state index contributed by atoms with van der Waals surface area (Å²) in [6, 6.07) is 8.29. The Morgan fingerprint density at radius 1 is 1.00 bits per heavy atom. The quantitative estimate of drug-likeness (QED) is 0.841. The number of halogens is 3. The van der Waals surface area contributed by atoms with E-state index in [4.69, 9.17) is 0 Å². The molecule has 4 nitrogen and oxygen atoms in total. The van der Waals surface area contributed by atoms with Gasteiger partial charge in [0.25, 0.3) is 6.43 Å². The normalized spacial score (nSPS) is 15.6. The van der Waals surface area contributed by atoms with Crippen molar-refractivity contribution >= 4 is 15.5 Å².